The van der Waals surface area contributed by atoms with Crippen LogP contribution in [0.25, 0.3) is 5.69 Å². The van der Waals surface area contributed by atoms with Gasteiger partial charge in [0.25, 0.3) is 5.91 Å². The number of amides is 1. The number of halogens is 2. The summed E-state index contributed by atoms with van der Waals surface area (Å²) >= 11 is 3.36. The minimum absolute atomic E-state index is 0.0798. The topological polar surface area (TPSA) is 60.2 Å². The number of nitrogens with zero attached hydrogens (tertiary/aromatic N) is 4. The number of carbonyl (C=O) groups excluding carboxylic acids is 1. The van der Waals surface area contributed by atoms with Gasteiger partial charge in [0.1, 0.15) is 23.4 Å². The van der Waals surface area contributed by atoms with E-state index in [1.807, 2.05) is 0 Å². The number of ether oxygens (including phenoxy) is 1. The lowest BCUT2D eigenvalue weighted by molar-refractivity contribution is 0.0765. The molecule has 1 amide bonds. The van der Waals surface area contributed by atoms with Crippen molar-refractivity contribution in [1.82, 2.24) is 19.7 Å². The smallest absolute Gasteiger partial charge is 0.275 e. The highest BCUT2D eigenvalue weighted by Gasteiger charge is 2.31. The van der Waals surface area contributed by atoms with Crippen LogP contribution in [0.1, 0.15) is 16.9 Å². The predicted molar refractivity (Wildman–Crippen MR) is 100 cm³/mol. The Kier molecular flexibility index (Phi) is 4.89. The summed E-state index contributed by atoms with van der Waals surface area (Å²) in [6.45, 7) is 1.05. The third-order valence-corrected chi connectivity index (χ3v) is 4.94. The second-order valence-electron chi connectivity index (χ2n) is 6.18. The quantitative estimate of drug-likeness (QED) is 0.635. The lowest BCUT2D eigenvalue weighted by Crippen LogP contribution is -2.31. The number of aromatic nitrogens is 3. The maximum absolute atomic E-state index is 14.0. The number of rotatable bonds is 4. The average molecular weight is 431 g/mol. The van der Waals surface area contributed by atoms with E-state index in [4.69, 9.17) is 4.74 Å². The minimum Gasteiger partial charge on any atom is -0.488 e. The Hall–Kier alpha value is -2.74. The molecule has 0 aliphatic carbocycles. The van der Waals surface area contributed by atoms with E-state index in [2.05, 4.69) is 26.0 Å². The highest BCUT2D eigenvalue weighted by molar-refractivity contribution is 9.10. The molecular formula is C19H16BrFN4O2. The molecule has 1 aromatic carbocycles. The molecule has 0 N–H and O–H groups in total. The molecule has 2 aromatic heterocycles. The van der Waals surface area contributed by atoms with Gasteiger partial charge < -0.3 is 9.64 Å². The van der Waals surface area contributed by atoms with Crippen molar-refractivity contribution in [3.05, 3.63) is 71.0 Å². The highest BCUT2D eigenvalue weighted by atomic mass is 79.9. The van der Waals surface area contributed by atoms with Gasteiger partial charge in [-0.3, -0.25) is 9.78 Å². The standard InChI is InChI=1S/C19H16BrFN4O2/c20-15-12-25(17-4-2-1-3-16(17)21)23-18(15)19(26)24-10-7-14(11-24)27-13-5-8-22-9-6-13/h1-6,8-9,12,14H,7,10-11H2. The van der Waals surface area contributed by atoms with E-state index in [0.29, 0.717) is 17.6 Å². The van der Waals surface area contributed by atoms with Crippen LogP contribution in [-0.4, -0.2) is 44.8 Å². The molecule has 0 radical (unpaired) electrons. The Morgan fingerprint density at radius 1 is 1.22 bits per heavy atom. The summed E-state index contributed by atoms with van der Waals surface area (Å²) in [6.07, 6.45) is 5.58. The first-order chi connectivity index (χ1) is 13.1. The zero-order valence-corrected chi connectivity index (χ0v) is 15.8. The summed E-state index contributed by atoms with van der Waals surface area (Å²) in [7, 11) is 0. The Morgan fingerprint density at radius 3 is 2.78 bits per heavy atom. The summed E-state index contributed by atoms with van der Waals surface area (Å²) in [5, 5.41) is 4.28. The largest absolute Gasteiger partial charge is 0.488 e. The van der Waals surface area contributed by atoms with Crippen LogP contribution >= 0.6 is 15.9 Å². The minimum atomic E-state index is -0.404. The molecule has 1 aliphatic rings. The maximum Gasteiger partial charge on any atom is 0.275 e. The van der Waals surface area contributed by atoms with Crippen molar-refractivity contribution >= 4 is 21.8 Å². The normalized spacial score (nSPS) is 16.5. The summed E-state index contributed by atoms with van der Waals surface area (Å²) in [5.41, 5.74) is 0.542. The van der Waals surface area contributed by atoms with Gasteiger partial charge in [-0.15, -0.1) is 0 Å². The average Bonchev–Trinajstić information content (AvgIpc) is 3.29. The second kappa shape index (κ2) is 7.48. The van der Waals surface area contributed by atoms with Gasteiger partial charge in [-0.25, -0.2) is 9.07 Å². The molecule has 3 heterocycles. The van der Waals surface area contributed by atoms with Gasteiger partial charge in [-0.05, 0) is 40.2 Å². The first kappa shape index (κ1) is 17.7. The van der Waals surface area contributed by atoms with Gasteiger partial charge >= 0.3 is 0 Å². The molecule has 3 aromatic rings. The van der Waals surface area contributed by atoms with E-state index in [0.717, 1.165) is 12.2 Å². The van der Waals surface area contributed by atoms with Gasteiger partial charge in [0.2, 0.25) is 0 Å². The molecule has 1 unspecified atom stereocenters. The Morgan fingerprint density at radius 2 is 2.00 bits per heavy atom. The van der Waals surface area contributed by atoms with Crippen LogP contribution in [0.3, 0.4) is 0 Å². The van der Waals surface area contributed by atoms with Crippen molar-refractivity contribution in [3.8, 4) is 11.4 Å². The fourth-order valence-electron chi connectivity index (χ4n) is 3.03. The van der Waals surface area contributed by atoms with Crippen molar-refractivity contribution in [2.24, 2.45) is 0 Å². The van der Waals surface area contributed by atoms with E-state index in [9.17, 15) is 9.18 Å². The van der Waals surface area contributed by atoms with Crippen LogP contribution in [0.2, 0.25) is 0 Å². The first-order valence-electron chi connectivity index (χ1n) is 8.48. The highest BCUT2D eigenvalue weighted by Crippen LogP contribution is 2.24. The van der Waals surface area contributed by atoms with Gasteiger partial charge in [0, 0.05) is 31.6 Å². The van der Waals surface area contributed by atoms with Crippen LogP contribution < -0.4 is 4.74 Å². The van der Waals surface area contributed by atoms with Crippen LogP contribution in [0.4, 0.5) is 4.39 Å². The zero-order valence-electron chi connectivity index (χ0n) is 14.3. The third-order valence-electron chi connectivity index (χ3n) is 4.36. The van der Waals surface area contributed by atoms with Gasteiger partial charge in [0.15, 0.2) is 5.69 Å². The summed E-state index contributed by atoms with van der Waals surface area (Å²) in [5.74, 6) is 0.116. The predicted octanol–water partition coefficient (Wildman–Crippen LogP) is 3.46. The fraction of sp³-hybridized carbons (Fsp3) is 0.211. The van der Waals surface area contributed by atoms with Crippen LogP contribution in [-0.2, 0) is 0 Å². The molecule has 1 aliphatic heterocycles. The van der Waals surface area contributed by atoms with E-state index in [-0.39, 0.29) is 23.4 Å². The molecular weight excluding hydrogens is 415 g/mol. The number of pyridine rings is 1. The van der Waals surface area contributed by atoms with Crippen molar-refractivity contribution < 1.29 is 13.9 Å². The third kappa shape index (κ3) is 3.71. The van der Waals surface area contributed by atoms with E-state index in [1.54, 1.807) is 53.8 Å². The molecule has 8 heteroatoms. The first-order valence-corrected chi connectivity index (χ1v) is 9.27. The molecule has 0 spiro atoms. The lowest BCUT2D eigenvalue weighted by Gasteiger charge is -2.16. The Balaban J connectivity index is 1.48. The van der Waals surface area contributed by atoms with Crippen molar-refractivity contribution in [2.45, 2.75) is 12.5 Å². The molecule has 27 heavy (non-hydrogen) atoms. The molecule has 1 atom stereocenters. The van der Waals surface area contributed by atoms with Gasteiger partial charge in [0.05, 0.1) is 11.0 Å². The Bertz CT molecular complexity index is 963. The van der Waals surface area contributed by atoms with Crippen molar-refractivity contribution in [2.75, 3.05) is 13.1 Å². The van der Waals surface area contributed by atoms with Gasteiger partial charge in [-0.1, -0.05) is 12.1 Å². The number of carbonyl (C=O) groups is 1. The molecule has 6 nitrogen and oxygen atoms in total. The number of likely N-dealkylation sites (tertiary alicyclic amines) is 1. The molecule has 4 rings (SSSR count). The number of benzene rings is 1. The van der Waals surface area contributed by atoms with Crippen LogP contribution in [0.15, 0.2) is 59.5 Å². The van der Waals surface area contributed by atoms with E-state index >= 15 is 0 Å². The maximum atomic E-state index is 14.0. The molecule has 138 valence electrons. The SMILES string of the molecule is O=C(c1nn(-c2ccccc2F)cc1Br)N1CCC(Oc2ccncc2)C1. The fourth-order valence-corrected chi connectivity index (χ4v) is 3.47. The summed E-state index contributed by atoms with van der Waals surface area (Å²) in [6, 6.07) is 9.87. The summed E-state index contributed by atoms with van der Waals surface area (Å²) < 4.78 is 21.8. The van der Waals surface area contributed by atoms with Gasteiger partial charge in [-0.2, -0.15) is 5.10 Å². The molecule has 0 bridgehead atoms. The van der Waals surface area contributed by atoms with Crippen LogP contribution in [0, 0.1) is 5.82 Å². The van der Waals surface area contributed by atoms with E-state index < -0.39 is 5.82 Å². The number of para-hydroxylation sites is 1. The molecule has 1 fully saturated rings. The molecule has 0 saturated carbocycles. The van der Waals surface area contributed by atoms with E-state index in [1.165, 1.54) is 10.7 Å². The zero-order chi connectivity index (χ0) is 18.8. The lowest BCUT2D eigenvalue weighted by atomic mass is 10.3. The second-order valence-corrected chi connectivity index (χ2v) is 7.04. The number of hydrogen-bond donors (Lipinski definition) is 0. The monoisotopic (exact) mass is 430 g/mol. The van der Waals surface area contributed by atoms with Crippen molar-refractivity contribution in [3.63, 3.8) is 0 Å². The molecule has 1 saturated heterocycles. The summed E-state index contributed by atoms with van der Waals surface area (Å²) in [4.78, 5) is 18.5. The Labute approximate surface area is 163 Å². The van der Waals surface area contributed by atoms with Crippen LogP contribution in [0.5, 0.6) is 5.75 Å². The van der Waals surface area contributed by atoms with Crippen molar-refractivity contribution in [1.29, 1.82) is 0 Å². The number of hydrogen-bond acceptors (Lipinski definition) is 4.